The van der Waals surface area contributed by atoms with Gasteiger partial charge >= 0.3 is 5.97 Å². The summed E-state index contributed by atoms with van der Waals surface area (Å²) in [7, 11) is 0. The Morgan fingerprint density at radius 2 is 1.67 bits per heavy atom. The zero-order chi connectivity index (χ0) is 23.8. The lowest BCUT2D eigenvalue weighted by atomic mass is 10.2. The number of nitrogens with one attached hydrogen (secondary N) is 2. The number of anilines is 2. The van der Waals surface area contributed by atoms with E-state index in [4.69, 9.17) is 11.6 Å². The summed E-state index contributed by atoms with van der Waals surface area (Å²) in [6.07, 6.45) is 3.19. The van der Waals surface area contributed by atoms with Gasteiger partial charge in [-0.1, -0.05) is 48.0 Å². The van der Waals surface area contributed by atoms with Crippen molar-refractivity contribution in [3.63, 3.8) is 0 Å². The third-order valence-corrected chi connectivity index (χ3v) is 5.90. The topological polar surface area (TPSA) is 95.5 Å². The van der Waals surface area contributed by atoms with Gasteiger partial charge in [0.1, 0.15) is 0 Å². The van der Waals surface area contributed by atoms with Crippen LogP contribution < -0.4 is 10.6 Å². The minimum absolute atomic E-state index is 0.0838. The molecule has 2 amide bonds. The zero-order valence-corrected chi connectivity index (χ0v) is 19.2. The van der Waals surface area contributed by atoms with E-state index in [9.17, 15) is 19.5 Å². The molecule has 0 spiro atoms. The smallest absolute Gasteiger partial charge is 0.337 e. The van der Waals surface area contributed by atoms with E-state index < -0.39 is 11.2 Å². The monoisotopic (exact) mass is 480 g/mol. The number of benzene rings is 3. The predicted octanol–water partition coefficient (Wildman–Crippen LogP) is 5.81. The number of carbonyl (C=O) groups excluding carboxylic acids is 2. The maximum absolute atomic E-state index is 12.6. The molecule has 3 rings (SSSR count). The van der Waals surface area contributed by atoms with E-state index in [2.05, 4.69) is 10.6 Å². The van der Waals surface area contributed by atoms with Gasteiger partial charge in [-0.15, -0.1) is 11.8 Å². The number of rotatable bonds is 8. The summed E-state index contributed by atoms with van der Waals surface area (Å²) in [6.45, 7) is 1.74. The molecule has 0 aliphatic rings. The van der Waals surface area contributed by atoms with E-state index in [-0.39, 0.29) is 22.4 Å². The molecule has 33 heavy (non-hydrogen) atoms. The Bertz CT molecular complexity index is 1200. The molecule has 0 aliphatic carbocycles. The lowest BCUT2D eigenvalue weighted by Gasteiger charge is -2.13. The minimum Gasteiger partial charge on any atom is -0.478 e. The molecule has 0 saturated heterocycles. The average molecular weight is 481 g/mol. The van der Waals surface area contributed by atoms with Crippen molar-refractivity contribution in [3.05, 3.63) is 95.0 Å². The predicted molar refractivity (Wildman–Crippen MR) is 133 cm³/mol. The Hall–Kier alpha value is -3.55. The van der Waals surface area contributed by atoms with Crippen molar-refractivity contribution < 1.29 is 19.5 Å². The van der Waals surface area contributed by atoms with E-state index in [1.807, 2.05) is 36.4 Å². The third-order valence-electron chi connectivity index (χ3n) is 4.47. The molecule has 0 heterocycles. The standard InChI is InChI=1S/C25H21ClN2O4S/c1-16(24(30)28-19-11-12-22(26)21(15-19)25(31)32)33-20-9-5-8-18(14-20)27-23(29)13-10-17-6-3-2-4-7-17/h2-16H,1H3,(H,27,29)(H,28,30)(H,31,32)/b13-10+. The Morgan fingerprint density at radius 3 is 2.39 bits per heavy atom. The molecule has 1 unspecified atom stereocenters. The summed E-state index contributed by atoms with van der Waals surface area (Å²) in [4.78, 5) is 36.8. The fourth-order valence-corrected chi connectivity index (χ4v) is 3.96. The number of amides is 2. The van der Waals surface area contributed by atoms with Crippen molar-refractivity contribution in [1.29, 1.82) is 0 Å². The van der Waals surface area contributed by atoms with Crippen LogP contribution in [0.3, 0.4) is 0 Å². The van der Waals surface area contributed by atoms with Crippen molar-refractivity contribution in [2.75, 3.05) is 10.6 Å². The molecule has 3 aromatic carbocycles. The van der Waals surface area contributed by atoms with Gasteiger partial charge in [0.2, 0.25) is 11.8 Å². The van der Waals surface area contributed by atoms with E-state index in [1.165, 1.54) is 30.0 Å². The Labute approximate surface area is 200 Å². The van der Waals surface area contributed by atoms with Gasteiger partial charge in [-0.2, -0.15) is 0 Å². The highest BCUT2D eigenvalue weighted by molar-refractivity contribution is 8.00. The van der Waals surface area contributed by atoms with Crippen molar-refractivity contribution in [1.82, 2.24) is 0 Å². The Balaban J connectivity index is 1.59. The van der Waals surface area contributed by atoms with Crippen molar-refractivity contribution >= 4 is 58.6 Å². The number of thioether (sulfide) groups is 1. The van der Waals surface area contributed by atoms with Crippen molar-refractivity contribution in [2.24, 2.45) is 0 Å². The van der Waals surface area contributed by atoms with Gasteiger partial charge in [0.25, 0.3) is 0 Å². The van der Waals surface area contributed by atoms with Gasteiger partial charge in [-0.3, -0.25) is 9.59 Å². The Morgan fingerprint density at radius 1 is 0.939 bits per heavy atom. The molecular formula is C25H21ClN2O4S. The van der Waals surface area contributed by atoms with Gasteiger partial charge in [0.05, 0.1) is 15.8 Å². The first-order chi connectivity index (χ1) is 15.8. The van der Waals surface area contributed by atoms with E-state index in [0.717, 1.165) is 10.5 Å². The Kier molecular flexibility index (Phi) is 8.29. The molecule has 6 nitrogen and oxygen atoms in total. The summed E-state index contributed by atoms with van der Waals surface area (Å²) < 4.78 is 0. The molecule has 0 radical (unpaired) electrons. The lowest BCUT2D eigenvalue weighted by Crippen LogP contribution is -2.22. The quantitative estimate of drug-likeness (QED) is 0.279. The van der Waals surface area contributed by atoms with Gasteiger partial charge in [-0.05, 0) is 55.0 Å². The van der Waals surface area contributed by atoms with Crippen LogP contribution in [0.15, 0.2) is 83.8 Å². The molecule has 0 aliphatic heterocycles. The summed E-state index contributed by atoms with van der Waals surface area (Å²) in [5.41, 5.74) is 1.80. The number of halogens is 1. The fraction of sp³-hybridized carbons (Fsp3) is 0.0800. The third kappa shape index (κ3) is 7.24. The molecule has 8 heteroatoms. The number of hydrogen-bond donors (Lipinski definition) is 3. The van der Waals surface area contributed by atoms with Crippen LogP contribution >= 0.6 is 23.4 Å². The molecular weight excluding hydrogens is 460 g/mol. The van der Waals surface area contributed by atoms with E-state index in [0.29, 0.717) is 11.4 Å². The van der Waals surface area contributed by atoms with Crippen LogP contribution in [0, 0.1) is 0 Å². The molecule has 0 saturated carbocycles. The average Bonchev–Trinajstić information content (AvgIpc) is 2.79. The molecule has 0 aromatic heterocycles. The van der Waals surface area contributed by atoms with E-state index in [1.54, 1.807) is 37.3 Å². The first-order valence-electron chi connectivity index (χ1n) is 9.96. The van der Waals surface area contributed by atoms with Crippen LogP contribution in [0.5, 0.6) is 0 Å². The van der Waals surface area contributed by atoms with Gasteiger partial charge < -0.3 is 15.7 Å². The molecule has 1 atom stereocenters. The summed E-state index contributed by atoms with van der Waals surface area (Å²) >= 11 is 7.18. The first-order valence-corrected chi connectivity index (χ1v) is 11.2. The highest BCUT2D eigenvalue weighted by Gasteiger charge is 2.17. The second kappa shape index (κ2) is 11.4. The lowest BCUT2D eigenvalue weighted by molar-refractivity contribution is -0.115. The maximum Gasteiger partial charge on any atom is 0.337 e. The highest BCUT2D eigenvalue weighted by atomic mass is 35.5. The molecule has 0 bridgehead atoms. The maximum atomic E-state index is 12.6. The van der Waals surface area contributed by atoms with Crippen LogP contribution in [0.2, 0.25) is 5.02 Å². The van der Waals surface area contributed by atoms with E-state index >= 15 is 0 Å². The summed E-state index contributed by atoms with van der Waals surface area (Å²) in [6, 6.07) is 21.0. The van der Waals surface area contributed by atoms with Gasteiger partial charge in [0, 0.05) is 22.3 Å². The minimum atomic E-state index is -1.17. The molecule has 3 aromatic rings. The second-order valence-corrected chi connectivity index (χ2v) is 8.83. The summed E-state index contributed by atoms with van der Waals surface area (Å²) in [5.74, 6) is -1.72. The largest absolute Gasteiger partial charge is 0.478 e. The zero-order valence-electron chi connectivity index (χ0n) is 17.6. The van der Waals surface area contributed by atoms with Crippen LogP contribution in [0.25, 0.3) is 6.08 Å². The fourth-order valence-electron chi connectivity index (χ4n) is 2.84. The second-order valence-electron chi connectivity index (χ2n) is 7.01. The molecule has 168 valence electrons. The normalized spacial score (nSPS) is 11.7. The SMILES string of the molecule is CC(Sc1cccc(NC(=O)/C=C/c2ccccc2)c1)C(=O)Nc1ccc(Cl)c(C(=O)O)c1. The number of hydrogen-bond acceptors (Lipinski definition) is 4. The van der Waals surface area contributed by atoms with Crippen LogP contribution in [0.4, 0.5) is 11.4 Å². The van der Waals surface area contributed by atoms with Gasteiger partial charge in [0.15, 0.2) is 0 Å². The number of carbonyl (C=O) groups is 3. The number of aromatic carboxylic acids is 1. The van der Waals surface area contributed by atoms with Crippen molar-refractivity contribution in [3.8, 4) is 0 Å². The molecule has 3 N–H and O–H groups in total. The molecule has 0 fully saturated rings. The van der Waals surface area contributed by atoms with Gasteiger partial charge in [-0.25, -0.2) is 4.79 Å². The first kappa shape index (κ1) is 24.1. The van der Waals surface area contributed by atoms with Crippen LogP contribution in [-0.2, 0) is 9.59 Å². The highest BCUT2D eigenvalue weighted by Crippen LogP contribution is 2.27. The van der Waals surface area contributed by atoms with Crippen LogP contribution in [0.1, 0.15) is 22.8 Å². The number of carboxylic acid groups (broad SMARTS) is 1. The van der Waals surface area contributed by atoms with Crippen LogP contribution in [-0.4, -0.2) is 28.1 Å². The summed E-state index contributed by atoms with van der Waals surface area (Å²) in [5, 5.41) is 14.3. The number of carboxylic acids is 1. The van der Waals surface area contributed by atoms with Crippen molar-refractivity contribution in [2.45, 2.75) is 17.1 Å².